The van der Waals surface area contributed by atoms with Gasteiger partial charge in [0.1, 0.15) is 11.5 Å². The molecule has 0 fully saturated rings. The van der Waals surface area contributed by atoms with Gasteiger partial charge in [-0.05, 0) is 61.4 Å². The molecule has 6 nitrogen and oxygen atoms in total. The second-order valence-electron chi connectivity index (χ2n) is 7.62. The lowest BCUT2D eigenvalue weighted by molar-refractivity contribution is 0.0982. The number of rotatable bonds is 5. The molecule has 4 aromatic rings. The Hall–Kier alpha value is -4.19. The SMILES string of the molecule is Cc1ccc(C)c(-c2ccc(N(Cc3cccnc3)C(=O)c3ccc(O)cc3O)cc2)n1. The van der Waals surface area contributed by atoms with Crippen LogP contribution < -0.4 is 4.90 Å². The molecule has 0 aliphatic heterocycles. The molecule has 0 aliphatic rings. The van der Waals surface area contributed by atoms with E-state index < -0.39 is 0 Å². The topological polar surface area (TPSA) is 86.6 Å². The molecule has 4 rings (SSSR count). The van der Waals surface area contributed by atoms with Crippen molar-refractivity contribution in [2.45, 2.75) is 20.4 Å². The summed E-state index contributed by atoms with van der Waals surface area (Å²) in [5, 5.41) is 19.8. The van der Waals surface area contributed by atoms with E-state index in [9.17, 15) is 15.0 Å². The second kappa shape index (κ2) is 8.89. The van der Waals surface area contributed by atoms with E-state index in [0.29, 0.717) is 5.69 Å². The molecular weight excluding hydrogens is 402 g/mol. The van der Waals surface area contributed by atoms with Crippen molar-refractivity contribution in [2.24, 2.45) is 0 Å². The maximum atomic E-state index is 13.4. The van der Waals surface area contributed by atoms with Crippen molar-refractivity contribution in [2.75, 3.05) is 4.90 Å². The average molecular weight is 425 g/mol. The molecule has 0 saturated carbocycles. The lowest BCUT2D eigenvalue weighted by Gasteiger charge is -2.24. The summed E-state index contributed by atoms with van der Waals surface area (Å²) >= 11 is 0. The van der Waals surface area contributed by atoms with Gasteiger partial charge in [0.15, 0.2) is 0 Å². The fourth-order valence-electron chi connectivity index (χ4n) is 3.52. The number of hydrogen-bond donors (Lipinski definition) is 2. The highest BCUT2D eigenvalue weighted by molar-refractivity contribution is 6.08. The van der Waals surface area contributed by atoms with Gasteiger partial charge in [-0.15, -0.1) is 0 Å². The Bertz CT molecular complexity index is 1260. The predicted molar refractivity (Wildman–Crippen MR) is 124 cm³/mol. The number of aromatic hydroxyl groups is 2. The van der Waals surface area contributed by atoms with Crippen LogP contribution in [0.25, 0.3) is 11.3 Å². The highest BCUT2D eigenvalue weighted by Crippen LogP contribution is 2.29. The lowest BCUT2D eigenvalue weighted by atomic mass is 10.0. The quantitative estimate of drug-likeness (QED) is 0.469. The Balaban J connectivity index is 1.72. The fraction of sp³-hybridized carbons (Fsp3) is 0.115. The number of phenols is 2. The molecule has 6 heteroatoms. The second-order valence-corrected chi connectivity index (χ2v) is 7.62. The van der Waals surface area contributed by atoms with Crippen molar-refractivity contribution < 1.29 is 15.0 Å². The van der Waals surface area contributed by atoms with E-state index in [1.807, 2.05) is 62.4 Å². The number of amides is 1. The van der Waals surface area contributed by atoms with E-state index >= 15 is 0 Å². The maximum absolute atomic E-state index is 13.4. The normalized spacial score (nSPS) is 10.7. The van der Waals surface area contributed by atoms with Gasteiger partial charge in [-0.25, -0.2) is 0 Å². The molecule has 2 heterocycles. The molecule has 1 amide bonds. The number of carbonyl (C=O) groups is 1. The number of aromatic nitrogens is 2. The van der Waals surface area contributed by atoms with Gasteiger partial charge in [0.05, 0.1) is 17.8 Å². The molecule has 2 aromatic heterocycles. The van der Waals surface area contributed by atoms with Gasteiger partial charge in [-0.3, -0.25) is 14.8 Å². The van der Waals surface area contributed by atoms with Crippen LogP contribution in [0.5, 0.6) is 11.5 Å². The molecule has 2 N–H and O–H groups in total. The van der Waals surface area contributed by atoms with E-state index in [-0.39, 0.29) is 29.5 Å². The highest BCUT2D eigenvalue weighted by Gasteiger charge is 2.22. The highest BCUT2D eigenvalue weighted by atomic mass is 16.3. The van der Waals surface area contributed by atoms with Gasteiger partial charge < -0.3 is 15.1 Å². The zero-order valence-corrected chi connectivity index (χ0v) is 17.9. The summed E-state index contributed by atoms with van der Waals surface area (Å²) in [6.45, 7) is 4.24. The Morgan fingerprint density at radius 3 is 2.44 bits per heavy atom. The number of phenolic OH excluding ortho intramolecular Hbond substituents is 2. The molecule has 160 valence electrons. The Morgan fingerprint density at radius 2 is 1.75 bits per heavy atom. The number of carbonyl (C=O) groups excluding carboxylic acids is 1. The largest absolute Gasteiger partial charge is 0.508 e. The number of nitrogens with zero attached hydrogens (tertiary/aromatic N) is 3. The third-order valence-corrected chi connectivity index (χ3v) is 5.21. The molecule has 0 saturated heterocycles. The lowest BCUT2D eigenvalue weighted by Crippen LogP contribution is -2.30. The maximum Gasteiger partial charge on any atom is 0.262 e. The average Bonchev–Trinajstić information content (AvgIpc) is 2.79. The van der Waals surface area contributed by atoms with Gasteiger partial charge in [-0.2, -0.15) is 0 Å². The number of pyridine rings is 2. The molecule has 0 unspecified atom stereocenters. The van der Waals surface area contributed by atoms with Gasteiger partial charge in [-0.1, -0.05) is 24.3 Å². The molecule has 2 aromatic carbocycles. The first-order valence-corrected chi connectivity index (χ1v) is 10.2. The molecule has 0 bridgehead atoms. The minimum atomic E-state index is -0.385. The Morgan fingerprint density at radius 1 is 0.969 bits per heavy atom. The summed E-state index contributed by atoms with van der Waals surface area (Å²) in [5.41, 5.74) is 5.48. The minimum absolute atomic E-state index is 0.104. The van der Waals surface area contributed by atoms with Crippen molar-refractivity contribution in [3.05, 3.63) is 102 Å². The van der Waals surface area contributed by atoms with Crippen molar-refractivity contribution in [1.29, 1.82) is 0 Å². The Kier molecular flexibility index (Phi) is 5.85. The summed E-state index contributed by atoms with van der Waals surface area (Å²) < 4.78 is 0. The summed E-state index contributed by atoms with van der Waals surface area (Å²) in [7, 11) is 0. The van der Waals surface area contributed by atoms with Crippen molar-refractivity contribution >= 4 is 11.6 Å². The Labute approximate surface area is 186 Å². The van der Waals surface area contributed by atoms with E-state index in [0.717, 1.165) is 34.1 Å². The van der Waals surface area contributed by atoms with Crippen LogP contribution in [0.1, 0.15) is 27.2 Å². The summed E-state index contributed by atoms with van der Waals surface area (Å²) in [6.07, 6.45) is 3.37. The zero-order valence-electron chi connectivity index (χ0n) is 17.9. The van der Waals surface area contributed by atoms with Crippen LogP contribution in [0.2, 0.25) is 0 Å². The number of aryl methyl sites for hydroxylation is 2. The summed E-state index contributed by atoms with van der Waals surface area (Å²) in [6, 6.07) is 19.3. The molecule has 0 radical (unpaired) electrons. The predicted octanol–water partition coefficient (Wildman–Crippen LogP) is 5.02. The first-order chi connectivity index (χ1) is 15.4. The van der Waals surface area contributed by atoms with Crippen LogP contribution in [-0.2, 0) is 6.54 Å². The third-order valence-electron chi connectivity index (χ3n) is 5.21. The first kappa shape index (κ1) is 21.1. The molecule has 32 heavy (non-hydrogen) atoms. The van der Waals surface area contributed by atoms with Crippen LogP contribution >= 0.6 is 0 Å². The molecule has 0 atom stereocenters. The van der Waals surface area contributed by atoms with E-state index in [1.165, 1.54) is 12.1 Å². The zero-order chi connectivity index (χ0) is 22.7. The number of benzene rings is 2. The number of hydrogen-bond acceptors (Lipinski definition) is 5. The van der Waals surface area contributed by atoms with Gasteiger partial charge in [0.2, 0.25) is 0 Å². The van der Waals surface area contributed by atoms with Gasteiger partial charge in [0, 0.05) is 35.4 Å². The van der Waals surface area contributed by atoms with Gasteiger partial charge in [0.25, 0.3) is 5.91 Å². The standard InChI is InChI=1S/C26H23N3O3/c1-17-5-6-18(2)28-25(17)20-7-9-21(10-8-20)29(16-19-4-3-13-27-15-19)26(32)23-12-11-22(30)14-24(23)31/h3-15,30-31H,16H2,1-2H3. The smallest absolute Gasteiger partial charge is 0.262 e. The van der Waals surface area contributed by atoms with E-state index in [2.05, 4.69) is 9.97 Å². The van der Waals surface area contributed by atoms with Crippen LogP contribution in [0.15, 0.2) is 79.1 Å². The van der Waals surface area contributed by atoms with Crippen LogP contribution in [-0.4, -0.2) is 26.1 Å². The number of anilines is 1. The molecule has 0 aliphatic carbocycles. The van der Waals surface area contributed by atoms with E-state index in [1.54, 1.807) is 17.3 Å². The van der Waals surface area contributed by atoms with Gasteiger partial charge >= 0.3 is 0 Å². The summed E-state index contributed by atoms with van der Waals surface area (Å²) in [4.78, 5) is 23.7. The van der Waals surface area contributed by atoms with Crippen molar-refractivity contribution in [3.63, 3.8) is 0 Å². The van der Waals surface area contributed by atoms with Crippen LogP contribution in [0.3, 0.4) is 0 Å². The minimum Gasteiger partial charge on any atom is -0.508 e. The van der Waals surface area contributed by atoms with Crippen molar-refractivity contribution in [1.82, 2.24) is 9.97 Å². The summed E-state index contributed by atoms with van der Waals surface area (Å²) in [5.74, 6) is -0.769. The first-order valence-electron chi connectivity index (χ1n) is 10.2. The molecular formula is C26H23N3O3. The van der Waals surface area contributed by atoms with Crippen LogP contribution in [0.4, 0.5) is 5.69 Å². The fourth-order valence-corrected chi connectivity index (χ4v) is 3.52. The van der Waals surface area contributed by atoms with E-state index in [4.69, 9.17) is 0 Å². The van der Waals surface area contributed by atoms with Crippen molar-refractivity contribution in [3.8, 4) is 22.8 Å². The van der Waals surface area contributed by atoms with Crippen LogP contribution in [0, 0.1) is 13.8 Å². The molecule has 0 spiro atoms. The monoisotopic (exact) mass is 425 g/mol. The third kappa shape index (κ3) is 4.44.